The largest absolute Gasteiger partial charge is 0.497 e. The molecule has 1 aliphatic heterocycles. The molecule has 1 aliphatic rings. The third kappa shape index (κ3) is 6.77. The molecule has 0 saturated carbocycles. The number of rotatable bonds is 10. The van der Waals surface area contributed by atoms with Crippen LogP contribution in [-0.4, -0.2) is 53.5 Å². The number of piperidine rings is 1. The molecule has 0 unspecified atom stereocenters. The second kappa shape index (κ2) is 12.5. The zero-order valence-corrected chi connectivity index (χ0v) is 21.8. The summed E-state index contributed by atoms with van der Waals surface area (Å²) in [6, 6.07) is 18.3. The molecule has 1 aromatic heterocycles. The highest BCUT2D eigenvalue weighted by Crippen LogP contribution is 2.26. The summed E-state index contributed by atoms with van der Waals surface area (Å²) in [4.78, 5) is 33.8. The van der Waals surface area contributed by atoms with Gasteiger partial charge in [-0.1, -0.05) is 42.5 Å². The summed E-state index contributed by atoms with van der Waals surface area (Å²) in [5.74, 6) is 0.502. The predicted molar refractivity (Wildman–Crippen MR) is 139 cm³/mol. The number of nitrogens with zero attached hydrogens (tertiary/aromatic N) is 3. The van der Waals surface area contributed by atoms with Gasteiger partial charge in [0.05, 0.1) is 26.2 Å². The van der Waals surface area contributed by atoms with Gasteiger partial charge in [0.15, 0.2) is 5.69 Å². The van der Waals surface area contributed by atoms with E-state index in [1.807, 2.05) is 36.4 Å². The quantitative estimate of drug-likeness (QED) is 0.364. The first-order chi connectivity index (χ1) is 18.0. The summed E-state index contributed by atoms with van der Waals surface area (Å²) in [7, 11) is 1.66. The summed E-state index contributed by atoms with van der Waals surface area (Å²) in [6.45, 7) is 6.27. The number of likely N-dealkylation sites (tertiary alicyclic amines) is 1. The number of hydrogen-bond donors (Lipinski definition) is 0. The Bertz CT molecular complexity index is 1180. The summed E-state index contributed by atoms with van der Waals surface area (Å²) < 4.78 is 16.3. The van der Waals surface area contributed by atoms with Crippen LogP contribution in [0.25, 0.3) is 0 Å². The fraction of sp³-hybridized carbons (Fsp3) is 0.414. The highest BCUT2D eigenvalue weighted by atomic mass is 16.5. The zero-order valence-electron chi connectivity index (χ0n) is 21.8. The van der Waals surface area contributed by atoms with Gasteiger partial charge in [0.25, 0.3) is 5.91 Å². The predicted octanol–water partition coefficient (Wildman–Crippen LogP) is 4.86. The molecule has 0 aliphatic carbocycles. The third-order valence-corrected chi connectivity index (χ3v) is 6.79. The van der Waals surface area contributed by atoms with Crippen LogP contribution in [-0.2, 0) is 22.6 Å². The molecule has 37 heavy (non-hydrogen) atoms. The average Bonchev–Trinajstić information content (AvgIpc) is 3.41. The number of carbonyl (C=O) groups excluding carboxylic acids is 2. The van der Waals surface area contributed by atoms with E-state index in [1.54, 1.807) is 18.9 Å². The smallest absolute Gasteiger partial charge is 0.310 e. The first-order valence-corrected chi connectivity index (χ1v) is 12.8. The van der Waals surface area contributed by atoms with E-state index < -0.39 is 0 Å². The van der Waals surface area contributed by atoms with Crippen LogP contribution >= 0.6 is 0 Å². The molecule has 0 bridgehead atoms. The maximum atomic E-state index is 13.2. The number of aromatic nitrogens is 1. The van der Waals surface area contributed by atoms with Crippen LogP contribution in [0.5, 0.6) is 5.75 Å². The van der Waals surface area contributed by atoms with Crippen molar-refractivity contribution in [2.75, 3.05) is 26.8 Å². The second-order valence-corrected chi connectivity index (χ2v) is 9.31. The molecule has 1 fully saturated rings. The van der Waals surface area contributed by atoms with Crippen molar-refractivity contribution in [3.8, 4) is 5.75 Å². The number of methoxy groups -OCH3 is 1. The Balaban J connectivity index is 1.49. The molecule has 196 valence electrons. The van der Waals surface area contributed by atoms with E-state index in [4.69, 9.17) is 13.9 Å². The van der Waals surface area contributed by atoms with Gasteiger partial charge in [-0.15, -0.1) is 0 Å². The maximum Gasteiger partial charge on any atom is 0.310 e. The van der Waals surface area contributed by atoms with Gasteiger partial charge in [-0.3, -0.25) is 14.5 Å². The SMILES string of the molecule is CCOC(=O)[C@@H]1CCCN(C(=O)c2coc(CN(Cc3cccc(OC)c3)[C@H](C)c3ccccc3)n2)C1. The summed E-state index contributed by atoms with van der Waals surface area (Å²) in [6.07, 6.45) is 2.90. The third-order valence-electron chi connectivity index (χ3n) is 6.79. The maximum absolute atomic E-state index is 13.2. The summed E-state index contributed by atoms with van der Waals surface area (Å²) >= 11 is 0. The lowest BCUT2D eigenvalue weighted by Crippen LogP contribution is -2.43. The minimum Gasteiger partial charge on any atom is -0.497 e. The van der Waals surface area contributed by atoms with Crippen molar-refractivity contribution < 1.29 is 23.5 Å². The first kappa shape index (κ1) is 26.4. The Labute approximate surface area is 218 Å². The molecular weight excluding hydrogens is 470 g/mol. The van der Waals surface area contributed by atoms with Crippen molar-refractivity contribution in [3.63, 3.8) is 0 Å². The zero-order chi connectivity index (χ0) is 26.2. The molecule has 4 rings (SSSR count). The number of amides is 1. The molecule has 1 amide bonds. The standard InChI is InChI=1S/C29H35N3O5/c1-4-36-29(34)24-13-9-15-31(18-24)28(33)26-20-37-27(30-26)19-32(21(2)23-11-6-5-7-12-23)17-22-10-8-14-25(16-22)35-3/h5-8,10-12,14,16,20-21,24H,4,9,13,15,17-19H2,1-3H3/t21-,24-/m1/s1. The number of ether oxygens (including phenoxy) is 2. The lowest BCUT2D eigenvalue weighted by atomic mass is 9.98. The van der Waals surface area contributed by atoms with Crippen LogP contribution in [0.2, 0.25) is 0 Å². The number of benzene rings is 2. The summed E-state index contributed by atoms with van der Waals surface area (Å²) in [5.41, 5.74) is 2.53. The average molecular weight is 506 g/mol. The van der Waals surface area contributed by atoms with Gasteiger partial charge < -0.3 is 18.8 Å². The minimum absolute atomic E-state index is 0.0749. The topological polar surface area (TPSA) is 85.1 Å². The van der Waals surface area contributed by atoms with Crippen LogP contribution < -0.4 is 4.74 Å². The van der Waals surface area contributed by atoms with Crippen molar-refractivity contribution in [2.24, 2.45) is 5.92 Å². The van der Waals surface area contributed by atoms with E-state index >= 15 is 0 Å². The molecule has 2 aromatic carbocycles. The Morgan fingerprint density at radius 1 is 1.16 bits per heavy atom. The van der Waals surface area contributed by atoms with E-state index in [0.717, 1.165) is 24.2 Å². The fourth-order valence-corrected chi connectivity index (χ4v) is 4.71. The van der Waals surface area contributed by atoms with Crippen LogP contribution in [0.1, 0.15) is 60.2 Å². The van der Waals surface area contributed by atoms with Gasteiger partial charge in [-0.05, 0) is 49.9 Å². The molecule has 3 aromatic rings. The normalized spacial score (nSPS) is 16.4. The number of hydrogen-bond acceptors (Lipinski definition) is 7. The van der Waals surface area contributed by atoms with Crippen molar-refractivity contribution in [1.29, 1.82) is 0 Å². The Morgan fingerprint density at radius 3 is 2.73 bits per heavy atom. The highest BCUT2D eigenvalue weighted by molar-refractivity contribution is 5.92. The molecular formula is C29H35N3O5. The second-order valence-electron chi connectivity index (χ2n) is 9.31. The van der Waals surface area contributed by atoms with Crippen LogP contribution in [0.4, 0.5) is 0 Å². The molecule has 8 heteroatoms. The number of carbonyl (C=O) groups is 2. The molecule has 1 saturated heterocycles. The van der Waals surface area contributed by atoms with Crippen molar-refractivity contribution >= 4 is 11.9 Å². The van der Waals surface area contributed by atoms with Crippen molar-refractivity contribution in [1.82, 2.24) is 14.8 Å². The fourth-order valence-electron chi connectivity index (χ4n) is 4.71. The molecule has 2 heterocycles. The monoisotopic (exact) mass is 505 g/mol. The van der Waals surface area contributed by atoms with Crippen LogP contribution in [0.15, 0.2) is 65.3 Å². The van der Waals surface area contributed by atoms with Crippen molar-refractivity contribution in [3.05, 3.63) is 83.6 Å². The number of esters is 1. The van der Waals surface area contributed by atoms with Gasteiger partial charge >= 0.3 is 5.97 Å². The Hall–Kier alpha value is -3.65. The molecule has 0 radical (unpaired) electrons. The van der Waals surface area contributed by atoms with Gasteiger partial charge in [0.2, 0.25) is 5.89 Å². The lowest BCUT2D eigenvalue weighted by molar-refractivity contribution is -0.149. The highest BCUT2D eigenvalue weighted by Gasteiger charge is 2.31. The molecule has 0 spiro atoms. The van der Waals surface area contributed by atoms with Crippen molar-refractivity contribution in [2.45, 2.75) is 45.8 Å². The van der Waals surface area contributed by atoms with Crippen LogP contribution in [0.3, 0.4) is 0 Å². The van der Waals surface area contributed by atoms with E-state index in [0.29, 0.717) is 38.7 Å². The molecule has 2 atom stereocenters. The van der Waals surface area contributed by atoms with Gasteiger partial charge in [0.1, 0.15) is 12.0 Å². The Morgan fingerprint density at radius 2 is 1.97 bits per heavy atom. The Kier molecular flexibility index (Phi) is 8.95. The van der Waals surface area contributed by atoms with E-state index in [9.17, 15) is 9.59 Å². The lowest BCUT2D eigenvalue weighted by Gasteiger charge is -2.31. The van der Waals surface area contributed by atoms with Gasteiger partial charge in [-0.2, -0.15) is 0 Å². The van der Waals surface area contributed by atoms with Crippen LogP contribution in [0, 0.1) is 5.92 Å². The van der Waals surface area contributed by atoms with Gasteiger partial charge in [-0.25, -0.2) is 4.98 Å². The number of oxazole rings is 1. The molecule has 0 N–H and O–H groups in total. The first-order valence-electron chi connectivity index (χ1n) is 12.8. The molecule has 8 nitrogen and oxygen atoms in total. The minimum atomic E-state index is -0.297. The summed E-state index contributed by atoms with van der Waals surface area (Å²) in [5, 5.41) is 0. The van der Waals surface area contributed by atoms with E-state index in [-0.39, 0.29) is 29.5 Å². The van der Waals surface area contributed by atoms with Gasteiger partial charge in [0, 0.05) is 25.7 Å². The van der Waals surface area contributed by atoms with E-state index in [2.05, 4.69) is 35.0 Å². The van der Waals surface area contributed by atoms with E-state index in [1.165, 1.54) is 11.8 Å².